The summed E-state index contributed by atoms with van der Waals surface area (Å²) in [5, 5.41) is 4.35. The van der Waals surface area contributed by atoms with Crippen molar-refractivity contribution < 1.29 is 18.0 Å². The minimum absolute atomic E-state index is 0.00106. The average molecular weight is 233 g/mol. The van der Waals surface area contributed by atoms with E-state index < -0.39 is 27.7 Å². The molecule has 84 valence electrons. The number of rotatable bonds is 3. The van der Waals surface area contributed by atoms with E-state index in [9.17, 15) is 18.0 Å². The molecular formula is C7H11N3O4S. The number of carbonyl (C=O) groups excluding carboxylic acids is 2. The fourth-order valence-corrected chi connectivity index (χ4v) is 2.07. The van der Waals surface area contributed by atoms with Crippen LogP contribution in [-0.2, 0) is 19.4 Å². The van der Waals surface area contributed by atoms with E-state index in [1.54, 1.807) is 6.92 Å². The molecule has 1 rings (SSSR count). The van der Waals surface area contributed by atoms with Crippen LogP contribution in [0.25, 0.3) is 0 Å². The van der Waals surface area contributed by atoms with E-state index in [4.69, 9.17) is 0 Å². The molecule has 0 aliphatic carbocycles. The second-order valence-corrected chi connectivity index (χ2v) is 5.51. The van der Waals surface area contributed by atoms with Gasteiger partial charge < -0.3 is 0 Å². The molecule has 1 atom stereocenters. The molecule has 1 fully saturated rings. The Bertz CT molecular complexity index is 408. The average Bonchev–Trinajstić information content (AvgIpc) is 2.26. The minimum atomic E-state index is -3.12. The lowest BCUT2D eigenvalue weighted by molar-refractivity contribution is -0.135. The number of nitrogens with zero attached hydrogens (tertiary/aromatic N) is 1. The molecule has 1 saturated heterocycles. The van der Waals surface area contributed by atoms with E-state index in [0.29, 0.717) is 0 Å². The van der Waals surface area contributed by atoms with Crippen LogP contribution >= 0.6 is 0 Å². The van der Waals surface area contributed by atoms with Gasteiger partial charge >= 0.3 is 11.8 Å². The molecule has 1 aliphatic heterocycles. The SMILES string of the molecule is CC(CS(C)(=O)=O)N=C1NC(=O)C(=O)N1. The molecule has 1 aliphatic rings. The monoisotopic (exact) mass is 233 g/mol. The van der Waals surface area contributed by atoms with Crippen molar-refractivity contribution in [3.63, 3.8) is 0 Å². The van der Waals surface area contributed by atoms with Crippen LogP contribution < -0.4 is 10.6 Å². The number of nitrogens with one attached hydrogen (secondary N) is 2. The van der Waals surface area contributed by atoms with Crippen molar-refractivity contribution in [2.75, 3.05) is 12.0 Å². The Labute approximate surface area is 86.9 Å². The van der Waals surface area contributed by atoms with Crippen LogP contribution in [0, 0.1) is 0 Å². The molecule has 8 heteroatoms. The van der Waals surface area contributed by atoms with Crippen molar-refractivity contribution in [2.45, 2.75) is 13.0 Å². The van der Waals surface area contributed by atoms with Gasteiger partial charge in [-0.15, -0.1) is 0 Å². The summed E-state index contributed by atoms with van der Waals surface area (Å²) < 4.78 is 21.8. The van der Waals surface area contributed by atoms with E-state index in [1.165, 1.54) is 0 Å². The number of aliphatic imine (C=N–C) groups is 1. The molecule has 1 heterocycles. The summed E-state index contributed by atoms with van der Waals surface area (Å²) in [4.78, 5) is 25.3. The maximum absolute atomic E-state index is 10.9. The van der Waals surface area contributed by atoms with Gasteiger partial charge in [-0.3, -0.25) is 20.2 Å². The van der Waals surface area contributed by atoms with Crippen molar-refractivity contribution in [2.24, 2.45) is 4.99 Å². The Morgan fingerprint density at radius 1 is 1.27 bits per heavy atom. The van der Waals surface area contributed by atoms with Crippen molar-refractivity contribution in [3.05, 3.63) is 0 Å². The van der Waals surface area contributed by atoms with E-state index >= 15 is 0 Å². The molecule has 0 aromatic rings. The fraction of sp³-hybridized carbons (Fsp3) is 0.571. The van der Waals surface area contributed by atoms with Gasteiger partial charge in [0, 0.05) is 6.26 Å². The highest BCUT2D eigenvalue weighted by Crippen LogP contribution is 1.96. The standard InChI is InChI=1S/C7H11N3O4S/c1-4(3-15(2,13)14)8-7-9-5(11)6(12)10-7/h4H,3H2,1-2H3,(H2,8,9,10,11,12). The van der Waals surface area contributed by atoms with Gasteiger partial charge in [0.15, 0.2) is 0 Å². The molecule has 15 heavy (non-hydrogen) atoms. The lowest BCUT2D eigenvalue weighted by Crippen LogP contribution is -2.29. The van der Waals surface area contributed by atoms with Crippen LogP contribution in [0.1, 0.15) is 6.92 Å². The van der Waals surface area contributed by atoms with Crippen LogP contribution in [0.2, 0.25) is 0 Å². The maximum Gasteiger partial charge on any atom is 0.316 e. The van der Waals surface area contributed by atoms with Crippen LogP contribution in [0.5, 0.6) is 0 Å². The molecular weight excluding hydrogens is 222 g/mol. The Hall–Kier alpha value is -1.44. The Morgan fingerprint density at radius 2 is 1.73 bits per heavy atom. The molecule has 0 aromatic heterocycles. The van der Waals surface area contributed by atoms with Crippen molar-refractivity contribution >= 4 is 27.6 Å². The molecule has 7 nitrogen and oxygen atoms in total. The van der Waals surface area contributed by atoms with Crippen LogP contribution in [0.15, 0.2) is 4.99 Å². The van der Waals surface area contributed by atoms with Gasteiger partial charge in [0.1, 0.15) is 9.84 Å². The summed E-state index contributed by atoms with van der Waals surface area (Å²) in [5.41, 5.74) is 0. The van der Waals surface area contributed by atoms with Gasteiger partial charge in [-0.1, -0.05) is 0 Å². The molecule has 0 spiro atoms. The largest absolute Gasteiger partial charge is 0.316 e. The van der Waals surface area contributed by atoms with Gasteiger partial charge in [-0.25, -0.2) is 13.4 Å². The summed E-state index contributed by atoms with van der Waals surface area (Å²) in [6.07, 6.45) is 1.09. The van der Waals surface area contributed by atoms with E-state index in [-0.39, 0.29) is 11.7 Å². The lowest BCUT2D eigenvalue weighted by atomic mass is 10.4. The highest BCUT2D eigenvalue weighted by atomic mass is 32.2. The molecule has 0 saturated carbocycles. The second kappa shape index (κ2) is 3.97. The number of amides is 2. The summed E-state index contributed by atoms with van der Waals surface area (Å²) in [7, 11) is -3.12. The number of carbonyl (C=O) groups is 2. The second-order valence-electron chi connectivity index (χ2n) is 3.33. The molecule has 2 N–H and O–H groups in total. The lowest BCUT2D eigenvalue weighted by Gasteiger charge is -2.05. The highest BCUT2D eigenvalue weighted by Gasteiger charge is 2.25. The Morgan fingerprint density at radius 3 is 2.13 bits per heavy atom. The van der Waals surface area contributed by atoms with Crippen molar-refractivity contribution in [1.82, 2.24) is 10.6 Å². The topological polar surface area (TPSA) is 105 Å². The van der Waals surface area contributed by atoms with Gasteiger partial charge in [0.25, 0.3) is 0 Å². The summed E-state index contributed by atoms with van der Waals surface area (Å²) in [6, 6.07) is -0.520. The van der Waals surface area contributed by atoms with Crippen molar-refractivity contribution in [1.29, 1.82) is 0 Å². The van der Waals surface area contributed by atoms with Crippen LogP contribution in [-0.4, -0.2) is 44.2 Å². The maximum atomic E-state index is 10.9. The molecule has 0 aromatic carbocycles. The fourth-order valence-electron chi connectivity index (χ4n) is 1.12. The van der Waals surface area contributed by atoms with Crippen LogP contribution in [0.3, 0.4) is 0 Å². The summed E-state index contributed by atoms with van der Waals surface area (Å²) in [6.45, 7) is 1.57. The van der Waals surface area contributed by atoms with E-state index in [1.807, 2.05) is 0 Å². The highest BCUT2D eigenvalue weighted by molar-refractivity contribution is 7.90. The first-order valence-electron chi connectivity index (χ1n) is 4.16. The van der Waals surface area contributed by atoms with Gasteiger partial charge in [0.2, 0.25) is 5.96 Å². The van der Waals surface area contributed by atoms with Crippen LogP contribution in [0.4, 0.5) is 0 Å². The predicted octanol–water partition coefficient (Wildman–Crippen LogP) is -1.98. The quantitative estimate of drug-likeness (QED) is 0.551. The molecule has 1 unspecified atom stereocenters. The third kappa shape index (κ3) is 3.66. The molecule has 0 radical (unpaired) electrons. The predicted molar refractivity (Wildman–Crippen MR) is 52.9 cm³/mol. The first-order valence-corrected chi connectivity index (χ1v) is 6.22. The first-order chi connectivity index (χ1) is 6.78. The number of hydrogen-bond acceptors (Lipinski definition) is 5. The third-order valence-corrected chi connectivity index (χ3v) is 2.65. The zero-order chi connectivity index (χ0) is 11.6. The van der Waals surface area contributed by atoms with Gasteiger partial charge in [-0.2, -0.15) is 0 Å². The Kier molecular flexibility index (Phi) is 3.08. The van der Waals surface area contributed by atoms with E-state index in [0.717, 1.165) is 6.26 Å². The third-order valence-electron chi connectivity index (χ3n) is 1.56. The minimum Gasteiger partial charge on any atom is -0.288 e. The Balaban J connectivity index is 2.65. The molecule has 2 amide bonds. The summed E-state index contributed by atoms with van der Waals surface area (Å²) in [5.74, 6) is -1.72. The first kappa shape index (κ1) is 11.6. The zero-order valence-corrected chi connectivity index (χ0v) is 9.09. The smallest absolute Gasteiger partial charge is 0.288 e. The normalized spacial score (nSPS) is 18.4. The number of hydrogen-bond donors (Lipinski definition) is 2. The zero-order valence-electron chi connectivity index (χ0n) is 8.27. The van der Waals surface area contributed by atoms with Gasteiger partial charge in [-0.05, 0) is 6.92 Å². The summed E-state index contributed by atoms with van der Waals surface area (Å²) >= 11 is 0. The number of sulfone groups is 1. The van der Waals surface area contributed by atoms with Gasteiger partial charge in [0.05, 0.1) is 11.8 Å². The van der Waals surface area contributed by atoms with E-state index in [2.05, 4.69) is 15.6 Å². The molecule has 0 bridgehead atoms. The van der Waals surface area contributed by atoms with Crippen molar-refractivity contribution in [3.8, 4) is 0 Å². The number of guanidine groups is 1.